The van der Waals surface area contributed by atoms with Gasteiger partial charge < -0.3 is 0 Å². The maximum absolute atomic E-state index is 2.46. The molecule has 10 rings (SSSR count). The fraction of sp³-hybridized carbons (Fsp3) is 0. The highest BCUT2D eigenvalue weighted by Crippen LogP contribution is 2.42. The molecular formula is C40H23B. The zero-order chi connectivity index (χ0) is 26.7. The van der Waals surface area contributed by atoms with Gasteiger partial charge in [-0.3, -0.25) is 0 Å². The maximum atomic E-state index is 2.46. The minimum atomic E-state index is 0.101. The monoisotopic (exact) mass is 514 g/mol. The van der Waals surface area contributed by atoms with E-state index in [9.17, 15) is 0 Å². The third-order valence-electron chi connectivity index (χ3n) is 9.62. The first-order chi connectivity index (χ1) is 20.3. The molecule has 0 saturated carbocycles. The lowest BCUT2D eigenvalue weighted by atomic mass is 9.32. The molecule has 1 heterocycles. The molecule has 0 unspecified atom stereocenters. The SMILES string of the molecule is c1ccc2c3c(ccc2c1)-c1cc2cccc4ccc5ccc(c1c5c42)B3c1c2ccccc2cc2ccccc12. The van der Waals surface area contributed by atoms with E-state index < -0.39 is 0 Å². The van der Waals surface area contributed by atoms with Crippen molar-refractivity contribution in [2.24, 2.45) is 0 Å². The topological polar surface area (TPSA) is 0 Å². The summed E-state index contributed by atoms with van der Waals surface area (Å²) >= 11 is 0. The highest BCUT2D eigenvalue weighted by Gasteiger charge is 2.36. The molecule has 9 aromatic rings. The highest BCUT2D eigenvalue weighted by molar-refractivity contribution is 7.02. The summed E-state index contributed by atoms with van der Waals surface area (Å²) in [5.41, 5.74) is 6.97. The first-order valence-electron chi connectivity index (χ1n) is 14.5. The molecule has 0 aromatic heterocycles. The molecular weight excluding hydrogens is 491 g/mol. The second kappa shape index (κ2) is 7.74. The maximum Gasteiger partial charge on any atom is 0.245 e. The summed E-state index contributed by atoms with van der Waals surface area (Å²) in [5.74, 6) is 0. The molecule has 0 bridgehead atoms. The Balaban J connectivity index is 1.49. The van der Waals surface area contributed by atoms with E-state index in [1.807, 2.05) is 0 Å². The minimum absolute atomic E-state index is 0.101. The van der Waals surface area contributed by atoms with Crippen molar-refractivity contribution in [1.29, 1.82) is 0 Å². The Hall–Kier alpha value is -5.14. The minimum Gasteiger partial charge on any atom is -0.0657 e. The average Bonchev–Trinajstić information content (AvgIpc) is 3.03. The lowest BCUT2D eigenvalue weighted by Crippen LogP contribution is -2.55. The van der Waals surface area contributed by atoms with Gasteiger partial charge in [0.05, 0.1) is 0 Å². The van der Waals surface area contributed by atoms with Gasteiger partial charge in [0, 0.05) is 0 Å². The Kier molecular flexibility index (Phi) is 4.09. The summed E-state index contributed by atoms with van der Waals surface area (Å²) in [4.78, 5) is 0. The molecule has 0 aliphatic carbocycles. The van der Waals surface area contributed by atoms with Crippen molar-refractivity contribution in [3.05, 3.63) is 140 Å². The van der Waals surface area contributed by atoms with Gasteiger partial charge in [0.15, 0.2) is 0 Å². The van der Waals surface area contributed by atoms with E-state index in [0.29, 0.717) is 0 Å². The van der Waals surface area contributed by atoms with Crippen molar-refractivity contribution >= 4 is 87.7 Å². The Labute approximate surface area is 237 Å². The van der Waals surface area contributed by atoms with Crippen molar-refractivity contribution in [3.63, 3.8) is 0 Å². The molecule has 9 aromatic carbocycles. The molecule has 0 nitrogen and oxygen atoms in total. The number of fused-ring (bicyclic) bond motifs is 6. The number of hydrogen-bond acceptors (Lipinski definition) is 0. The van der Waals surface area contributed by atoms with Crippen LogP contribution in [-0.4, -0.2) is 6.71 Å². The number of hydrogen-bond donors (Lipinski definition) is 0. The van der Waals surface area contributed by atoms with E-state index in [4.69, 9.17) is 0 Å². The van der Waals surface area contributed by atoms with Crippen molar-refractivity contribution in [3.8, 4) is 11.1 Å². The van der Waals surface area contributed by atoms with Crippen LogP contribution < -0.4 is 16.4 Å². The first kappa shape index (κ1) is 21.7. The van der Waals surface area contributed by atoms with Crippen LogP contribution in [0.2, 0.25) is 0 Å². The third-order valence-corrected chi connectivity index (χ3v) is 9.62. The Morgan fingerprint density at radius 1 is 0.317 bits per heavy atom. The Morgan fingerprint density at radius 3 is 1.63 bits per heavy atom. The van der Waals surface area contributed by atoms with Gasteiger partial charge in [0.25, 0.3) is 0 Å². The van der Waals surface area contributed by atoms with Crippen molar-refractivity contribution in [2.45, 2.75) is 0 Å². The molecule has 186 valence electrons. The van der Waals surface area contributed by atoms with Gasteiger partial charge in [-0.15, -0.1) is 0 Å². The fourth-order valence-corrected chi connectivity index (χ4v) is 7.99. The molecule has 0 radical (unpaired) electrons. The van der Waals surface area contributed by atoms with Gasteiger partial charge in [-0.1, -0.05) is 144 Å². The Bertz CT molecular complexity index is 2480. The van der Waals surface area contributed by atoms with Crippen LogP contribution in [0.25, 0.3) is 75.8 Å². The standard InChI is InChI=1S/C40H23B/c1-4-13-30-24(8-1)18-20-33-34-23-29-12-7-11-25-16-17-26-19-21-35(38(34)37(26)36(25)29)41(40(30)33)39-31-14-5-2-9-27(31)22-28-10-3-6-15-32(28)39/h1-23H. The Morgan fingerprint density at radius 2 is 0.878 bits per heavy atom. The van der Waals surface area contributed by atoms with Gasteiger partial charge in [-0.25, -0.2) is 0 Å². The molecule has 1 aliphatic heterocycles. The van der Waals surface area contributed by atoms with E-state index in [1.54, 1.807) is 0 Å². The van der Waals surface area contributed by atoms with Crippen LogP contribution in [0.1, 0.15) is 0 Å². The van der Waals surface area contributed by atoms with Gasteiger partial charge in [-0.2, -0.15) is 0 Å². The van der Waals surface area contributed by atoms with E-state index in [1.165, 1.54) is 92.2 Å². The summed E-state index contributed by atoms with van der Waals surface area (Å²) in [6, 6.07) is 52.5. The molecule has 0 amide bonds. The molecule has 0 saturated heterocycles. The van der Waals surface area contributed by atoms with Crippen molar-refractivity contribution < 1.29 is 0 Å². The predicted octanol–water partition coefficient (Wildman–Crippen LogP) is 8.54. The summed E-state index contributed by atoms with van der Waals surface area (Å²) in [7, 11) is 0. The normalized spacial score (nSPS) is 12.8. The molecule has 0 atom stereocenters. The first-order valence-corrected chi connectivity index (χ1v) is 14.5. The molecule has 0 spiro atoms. The van der Waals surface area contributed by atoms with Gasteiger partial charge in [0.1, 0.15) is 0 Å². The lowest BCUT2D eigenvalue weighted by Gasteiger charge is -2.31. The number of benzene rings is 9. The van der Waals surface area contributed by atoms with Gasteiger partial charge >= 0.3 is 0 Å². The molecule has 0 N–H and O–H groups in total. The summed E-state index contributed by atoms with van der Waals surface area (Å²) in [6.07, 6.45) is 0. The molecule has 1 heteroatoms. The van der Waals surface area contributed by atoms with Crippen LogP contribution in [0, 0.1) is 0 Å². The second-order valence-electron chi connectivity index (χ2n) is 11.6. The van der Waals surface area contributed by atoms with E-state index in [0.717, 1.165) is 0 Å². The van der Waals surface area contributed by atoms with Crippen LogP contribution in [0.4, 0.5) is 0 Å². The highest BCUT2D eigenvalue weighted by atomic mass is 14.2. The predicted molar refractivity (Wildman–Crippen MR) is 179 cm³/mol. The van der Waals surface area contributed by atoms with Crippen LogP contribution in [0.5, 0.6) is 0 Å². The second-order valence-corrected chi connectivity index (χ2v) is 11.6. The quantitative estimate of drug-likeness (QED) is 0.117. The van der Waals surface area contributed by atoms with Gasteiger partial charge in [0.2, 0.25) is 6.71 Å². The smallest absolute Gasteiger partial charge is 0.0657 e. The molecule has 41 heavy (non-hydrogen) atoms. The largest absolute Gasteiger partial charge is 0.245 e. The molecule has 1 aliphatic rings. The zero-order valence-corrected chi connectivity index (χ0v) is 22.4. The summed E-state index contributed by atoms with van der Waals surface area (Å²) in [5, 5.41) is 16.1. The van der Waals surface area contributed by atoms with Crippen LogP contribution >= 0.6 is 0 Å². The lowest BCUT2D eigenvalue weighted by molar-refractivity contribution is 1.71. The van der Waals surface area contributed by atoms with E-state index in [2.05, 4.69) is 140 Å². The summed E-state index contributed by atoms with van der Waals surface area (Å²) < 4.78 is 0. The van der Waals surface area contributed by atoms with Crippen LogP contribution in [-0.2, 0) is 0 Å². The molecule has 0 fully saturated rings. The summed E-state index contributed by atoms with van der Waals surface area (Å²) in [6.45, 7) is 0.101. The van der Waals surface area contributed by atoms with Crippen LogP contribution in [0.3, 0.4) is 0 Å². The van der Waals surface area contributed by atoms with Gasteiger partial charge in [-0.05, 0) is 87.9 Å². The number of rotatable bonds is 1. The van der Waals surface area contributed by atoms with Crippen molar-refractivity contribution in [2.75, 3.05) is 0 Å². The van der Waals surface area contributed by atoms with Crippen molar-refractivity contribution in [1.82, 2.24) is 0 Å². The van der Waals surface area contributed by atoms with Crippen LogP contribution in [0.15, 0.2) is 140 Å². The average molecular weight is 514 g/mol. The van der Waals surface area contributed by atoms with E-state index in [-0.39, 0.29) is 6.71 Å². The third kappa shape index (κ3) is 2.76. The zero-order valence-electron chi connectivity index (χ0n) is 22.4. The fourth-order valence-electron chi connectivity index (χ4n) is 7.99. The van der Waals surface area contributed by atoms with E-state index >= 15 is 0 Å².